The van der Waals surface area contributed by atoms with E-state index in [0.717, 1.165) is 6.07 Å². The van der Waals surface area contributed by atoms with Gasteiger partial charge in [-0.3, -0.25) is 24.9 Å². The van der Waals surface area contributed by atoms with Crippen LogP contribution in [0.25, 0.3) is 33.1 Å². The van der Waals surface area contributed by atoms with Crippen LogP contribution in [-0.4, -0.2) is 27.1 Å². The monoisotopic (exact) mass is 385 g/mol. The zero-order chi connectivity index (χ0) is 20.2. The van der Waals surface area contributed by atoms with E-state index in [0.29, 0.717) is 27.9 Å². The minimum atomic E-state index is -0.854. The first-order valence-corrected chi connectivity index (χ1v) is 7.85. The third-order valence-electron chi connectivity index (χ3n) is 4.46. The number of fused-ring (bicyclic) bond motifs is 2. The van der Waals surface area contributed by atoms with E-state index >= 15 is 0 Å². The highest BCUT2D eigenvalue weighted by Crippen LogP contribution is 2.44. The summed E-state index contributed by atoms with van der Waals surface area (Å²) in [6.45, 7) is 1.67. The molecule has 0 saturated carbocycles. The van der Waals surface area contributed by atoms with Crippen molar-refractivity contribution in [2.75, 3.05) is 7.11 Å². The Kier molecular flexibility index (Phi) is 3.63. The number of hydrogen-bond donors (Lipinski definition) is 1. The molecule has 28 heavy (non-hydrogen) atoms. The normalized spacial score (nSPS) is 11.2. The van der Waals surface area contributed by atoms with Gasteiger partial charge in [0.2, 0.25) is 5.52 Å². The second-order valence-electron chi connectivity index (χ2n) is 5.97. The third-order valence-corrected chi connectivity index (χ3v) is 4.46. The van der Waals surface area contributed by atoms with Crippen LogP contribution < -0.4 is 9.64 Å². The molecule has 4 aromatic rings. The number of non-ortho nitro benzene ring substituents is 1. The molecule has 0 unspecified atom stereocenters. The fourth-order valence-electron chi connectivity index (χ4n) is 3.30. The van der Waals surface area contributed by atoms with Crippen molar-refractivity contribution in [3.63, 3.8) is 0 Å². The number of hydrogen-bond acceptors (Lipinski definition) is 8. The maximum Gasteiger partial charge on any atom is 0.333 e. The Balaban J connectivity index is 2.23. The largest absolute Gasteiger partial charge is 0.497 e. The lowest BCUT2D eigenvalue weighted by molar-refractivity contribution is -0.782. The summed E-state index contributed by atoms with van der Waals surface area (Å²) in [5, 5.41) is 39.2. The maximum absolute atomic E-state index is 12.2. The number of aryl methyl sites for hydroxylation is 1. The number of methoxy groups -OCH3 is 1. The zero-order valence-corrected chi connectivity index (χ0v) is 14.5. The maximum atomic E-state index is 12.2. The molecule has 0 amide bonds. The van der Waals surface area contributed by atoms with E-state index in [1.54, 1.807) is 25.1 Å². The van der Waals surface area contributed by atoms with E-state index in [4.69, 9.17) is 4.74 Å². The lowest BCUT2D eigenvalue weighted by atomic mass is 9.98. The van der Waals surface area contributed by atoms with E-state index in [9.17, 15) is 25.4 Å². The van der Waals surface area contributed by atoms with Crippen LogP contribution in [0.1, 0.15) is 5.69 Å². The van der Waals surface area contributed by atoms with E-state index in [1.165, 1.54) is 7.11 Å². The van der Waals surface area contributed by atoms with Crippen molar-refractivity contribution in [3.8, 4) is 16.9 Å². The molecule has 1 N–H and O–H groups in total. The molecule has 2 aromatic carbocycles. The summed E-state index contributed by atoms with van der Waals surface area (Å²) in [4.78, 5) is 24.4. The van der Waals surface area contributed by atoms with Crippen molar-refractivity contribution in [2.24, 2.45) is 0 Å². The molecule has 0 fully saturated rings. The lowest BCUT2D eigenvalue weighted by Crippen LogP contribution is -2.23. The first-order valence-electron chi connectivity index (χ1n) is 7.85. The summed E-state index contributed by atoms with van der Waals surface area (Å²) in [6.07, 6.45) is 0. The second-order valence-corrected chi connectivity index (χ2v) is 5.97. The Morgan fingerprint density at radius 2 is 1.86 bits per heavy atom. The Morgan fingerprint density at radius 3 is 2.50 bits per heavy atom. The summed E-state index contributed by atoms with van der Waals surface area (Å²) in [6, 6.07) is 5.85. The molecule has 2 heterocycles. The number of nitrogens with zero attached hydrogens (tertiary/aromatic N) is 4. The van der Waals surface area contributed by atoms with Gasteiger partial charge in [-0.1, -0.05) is 0 Å². The number of H-pyrrole nitrogens is 1. The fraction of sp³-hybridized carbons (Fsp3) is 0.125. The molecule has 0 atom stereocenters. The molecular formula is C16H11N5O7. The summed E-state index contributed by atoms with van der Waals surface area (Å²) in [5.74, 6) is 0.494. The molecule has 0 aliphatic carbocycles. The molecule has 0 aliphatic rings. The van der Waals surface area contributed by atoms with Crippen LogP contribution in [0.4, 0.5) is 11.4 Å². The molecule has 2 aromatic heterocycles. The second kappa shape index (κ2) is 5.90. The van der Waals surface area contributed by atoms with Gasteiger partial charge in [0, 0.05) is 22.2 Å². The Morgan fingerprint density at radius 1 is 1.14 bits per heavy atom. The summed E-state index contributed by atoms with van der Waals surface area (Å²) >= 11 is 0. The van der Waals surface area contributed by atoms with Crippen LogP contribution >= 0.6 is 0 Å². The van der Waals surface area contributed by atoms with E-state index in [-0.39, 0.29) is 16.0 Å². The topological polar surface area (TPSA) is 164 Å². The van der Waals surface area contributed by atoms with Gasteiger partial charge in [-0.2, -0.15) is 0 Å². The van der Waals surface area contributed by atoms with Gasteiger partial charge in [-0.15, -0.1) is 0 Å². The van der Waals surface area contributed by atoms with E-state index in [1.807, 2.05) is 0 Å². The van der Waals surface area contributed by atoms with Crippen LogP contribution in [0.3, 0.4) is 0 Å². The minimum absolute atomic E-state index is 0.0664. The molecule has 12 heteroatoms. The first-order chi connectivity index (χ1) is 13.3. The standard InChI is InChI=1S/C16H11N5O7/c1-7-13(9-5-8(27-2)3-4-10(9)17-7)14-11(19(22)23)6-12(20(24)25)15-16(14)21(26)28-18-15/h3-6,17H,1-2H3. The number of aromatic amines is 1. The van der Waals surface area contributed by atoms with Crippen molar-refractivity contribution >= 4 is 33.3 Å². The highest BCUT2D eigenvalue weighted by Gasteiger charge is 2.36. The van der Waals surface area contributed by atoms with Crippen LogP contribution in [0.2, 0.25) is 0 Å². The van der Waals surface area contributed by atoms with Crippen LogP contribution in [0.15, 0.2) is 28.9 Å². The highest BCUT2D eigenvalue weighted by atomic mass is 16.8. The summed E-state index contributed by atoms with van der Waals surface area (Å²) in [5.41, 5.74) is -0.722. The number of nitrogens with one attached hydrogen (secondary N) is 1. The van der Waals surface area contributed by atoms with Crippen molar-refractivity contribution in [1.82, 2.24) is 10.1 Å². The van der Waals surface area contributed by atoms with Gasteiger partial charge in [0.1, 0.15) is 11.3 Å². The first kappa shape index (κ1) is 17.2. The van der Waals surface area contributed by atoms with E-state index in [2.05, 4.69) is 14.8 Å². The smallest absolute Gasteiger partial charge is 0.333 e. The molecule has 0 radical (unpaired) electrons. The van der Waals surface area contributed by atoms with Crippen molar-refractivity contribution in [3.05, 3.63) is 55.4 Å². The number of nitro benzene ring substituents is 2. The molecule has 142 valence electrons. The van der Waals surface area contributed by atoms with Gasteiger partial charge in [-0.25, -0.2) is 0 Å². The van der Waals surface area contributed by atoms with Crippen molar-refractivity contribution < 1.29 is 24.1 Å². The molecule has 0 bridgehead atoms. The van der Waals surface area contributed by atoms with Gasteiger partial charge >= 0.3 is 11.2 Å². The summed E-state index contributed by atoms with van der Waals surface area (Å²) < 4.78 is 9.74. The van der Waals surface area contributed by atoms with Gasteiger partial charge in [0.15, 0.2) is 0 Å². The average molecular weight is 385 g/mol. The predicted octanol–water partition coefficient (Wildman–Crippen LogP) is 2.74. The SMILES string of the molecule is COc1ccc2[nH]c(C)c(-c3c([N+](=O)[O-])cc([N+](=O)[O-])c4no[n+]([O-])c34)c2c1. The van der Waals surface area contributed by atoms with Gasteiger partial charge < -0.3 is 14.9 Å². The van der Waals surface area contributed by atoms with Crippen LogP contribution in [0, 0.1) is 32.4 Å². The zero-order valence-electron chi connectivity index (χ0n) is 14.5. The van der Waals surface area contributed by atoms with Crippen LogP contribution in [-0.2, 0) is 0 Å². The summed E-state index contributed by atoms with van der Waals surface area (Å²) in [7, 11) is 1.47. The molecular weight excluding hydrogens is 374 g/mol. The number of ether oxygens (including phenoxy) is 1. The van der Waals surface area contributed by atoms with Gasteiger partial charge in [0.05, 0.1) is 28.2 Å². The molecule has 0 spiro atoms. The van der Waals surface area contributed by atoms with E-state index < -0.39 is 26.7 Å². The Bertz CT molecular complexity index is 1290. The Hall–Kier alpha value is -4.22. The number of rotatable bonds is 4. The Labute approximate surface area is 154 Å². The fourth-order valence-corrected chi connectivity index (χ4v) is 3.30. The molecule has 4 rings (SSSR count). The van der Waals surface area contributed by atoms with Gasteiger partial charge in [0.25, 0.3) is 5.69 Å². The average Bonchev–Trinajstić information content (AvgIpc) is 3.19. The predicted molar refractivity (Wildman–Crippen MR) is 94.9 cm³/mol. The molecule has 12 nitrogen and oxygen atoms in total. The molecule has 0 saturated heterocycles. The number of aromatic nitrogens is 3. The minimum Gasteiger partial charge on any atom is -0.497 e. The number of benzene rings is 2. The lowest BCUT2D eigenvalue weighted by Gasteiger charge is -2.05. The third kappa shape index (κ3) is 2.31. The van der Waals surface area contributed by atoms with Crippen molar-refractivity contribution in [2.45, 2.75) is 6.92 Å². The molecule has 0 aliphatic heterocycles. The van der Waals surface area contributed by atoms with Crippen LogP contribution in [0.5, 0.6) is 5.75 Å². The highest BCUT2D eigenvalue weighted by molar-refractivity contribution is 6.08. The van der Waals surface area contributed by atoms with Gasteiger partial charge in [-0.05, 0) is 30.0 Å². The number of nitro groups is 2. The van der Waals surface area contributed by atoms with Crippen molar-refractivity contribution in [1.29, 1.82) is 0 Å². The quantitative estimate of drug-likeness (QED) is 0.318.